The van der Waals surface area contributed by atoms with E-state index in [2.05, 4.69) is 17.1 Å². The van der Waals surface area contributed by atoms with E-state index in [1.54, 1.807) is 0 Å². The summed E-state index contributed by atoms with van der Waals surface area (Å²) in [6.45, 7) is 7.15. The largest absolute Gasteiger partial charge is 0.492 e. The van der Waals surface area contributed by atoms with Crippen molar-refractivity contribution in [1.82, 2.24) is 10.2 Å². The van der Waals surface area contributed by atoms with E-state index in [1.165, 1.54) is 0 Å². The van der Waals surface area contributed by atoms with Gasteiger partial charge in [-0.2, -0.15) is 0 Å². The summed E-state index contributed by atoms with van der Waals surface area (Å²) in [5.41, 5.74) is 0. The van der Waals surface area contributed by atoms with Gasteiger partial charge in [-0.25, -0.2) is 0 Å². The Morgan fingerprint density at radius 2 is 2.29 bits per heavy atom. The monoisotopic (exact) mass is 254 g/mol. The number of benzene rings is 1. The molecule has 17 heavy (non-hydrogen) atoms. The molecular weight excluding hydrogens is 236 g/mol. The van der Waals surface area contributed by atoms with Crippen LogP contribution in [-0.2, 0) is 0 Å². The van der Waals surface area contributed by atoms with E-state index in [0.29, 0.717) is 12.6 Å². The van der Waals surface area contributed by atoms with Crippen molar-refractivity contribution in [2.75, 3.05) is 32.8 Å². The van der Waals surface area contributed by atoms with E-state index in [-0.39, 0.29) is 0 Å². The van der Waals surface area contributed by atoms with E-state index in [4.69, 9.17) is 16.3 Å². The quantitative estimate of drug-likeness (QED) is 0.841. The van der Waals surface area contributed by atoms with E-state index >= 15 is 0 Å². The van der Waals surface area contributed by atoms with Gasteiger partial charge in [0.05, 0.1) is 0 Å². The molecule has 2 rings (SSSR count). The van der Waals surface area contributed by atoms with E-state index < -0.39 is 0 Å². The van der Waals surface area contributed by atoms with Crippen LogP contribution in [0.3, 0.4) is 0 Å². The van der Waals surface area contributed by atoms with Crippen molar-refractivity contribution in [3.63, 3.8) is 0 Å². The van der Waals surface area contributed by atoms with Crippen LogP contribution in [0, 0.1) is 0 Å². The van der Waals surface area contributed by atoms with Gasteiger partial charge in [-0.1, -0.05) is 24.6 Å². The second-order valence-electron chi connectivity index (χ2n) is 4.25. The van der Waals surface area contributed by atoms with Crippen molar-refractivity contribution in [3.8, 4) is 5.75 Å². The van der Waals surface area contributed by atoms with Gasteiger partial charge in [0.25, 0.3) is 0 Å². The third-order valence-electron chi connectivity index (χ3n) is 3.13. The van der Waals surface area contributed by atoms with E-state index in [9.17, 15) is 0 Å². The summed E-state index contributed by atoms with van der Waals surface area (Å²) < 4.78 is 5.69. The predicted molar refractivity (Wildman–Crippen MR) is 70.9 cm³/mol. The summed E-state index contributed by atoms with van der Waals surface area (Å²) in [5, 5.41) is 4.01. The Morgan fingerprint density at radius 3 is 2.88 bits per heavy atom. The van der Waals surface area contributed by atoms with Crippen LogP contribution in [0.25, 0.3) is 0 Å². The predicted octanol–water partition coefficient (Wildman–Crippen LogP) is 2.01. The van der Waals surface area contributed by atoms with Gasteiger partial charge < -0.3 is 10.1 Å². The summed E-state index contributed by atoms with van der Waals surface area (Å²) in [6.07, 6.45) is 0. The molecule has 0 spiro atoms. The minimum atomic E-state index is 0.683. The highest BCUT2D eigenvalue weighted by Crippen LogP contribution is 2.17. The lowest BCUT2D eigenvalue weighted by molar-refractivity contribution is 0.128. The normalized spacial score (nSPS) is 15.9. The molecule has 1 fully saturated rings. The molecular formula is C13H19ClN2O. The van der Waals surface area contributed by atoms with E-state index in [1.807, 2.05) is 24.3 Å². The Bertz CT molecular complexity index is 355. The van der Waals surface area contributed by atoms with Crippen LogP contribution in [0.4, 0.5) is 0 Å². The number of ether oxygens (including phenoxy) is 1. The zero-order chi connectivity index (χ0) is 12.1. The molecule has 4 heteroatoms. The fourth-order valence-electron chi connectivity index (χ4n) is 1.97. The average molecular weight is 255 g/mol. The van der Waals surface area contributed by atoms with Gasteiger partial charge in [-0.15, -0.1) is 0 Å². The Labute approximate surface area is 108 Å². The summed E-state index contributed by atoms with van der Waals surface area (Å²) in [4.78, 5) is 2.45. The number of halogens is 1. The first-order valence-corrected chi connectivity index (χ1v) is 6.50. The maximum Gasteiger partial charge on any atom is 0.120 e. The first-order chi connectivity index (χ1) is 8.29. The van der Waals surface area contributed by atoms with Crippen molar-refractivity contribution in [3.05, 3.63) is 29.3 Å². The minimum absolute atomic E-state index is 0.683. The lowest BCUT2D eigenvalue weighted by Crippen LogP contribution is -2.57. The first kappa shape index (κ1) is 12.7. The van der Waals surface area contributed by atoms with Crippen molar-refractivity contribution in [2.45, 2.75) is 13.0 Å². The van der Waals surface area contributed by atoms with Crippen LogP contribution in [0.2, 0.25) is 5.02 Å². The number of nitrogens with zero attached hydrogens (tertiary/aromatic N) is 1. The standard InChI is InChI=1S/C13H19ClN2O/c1-2-16(12-9-15-10-12)6-7-17-13-5-3-4-11(14)8-13/h3-5,8,12,15H,2,6-7,9-10H2,1H3. The SMILES string of the molecule is CCN(CCOc1cccc(Cl)c1)C1CNC1. The molecule has 0 saturated carbocycles. The third kappa shape index (κ3) is 3.60. The fraction of sp³-hybridized carbons (Fsp3) is 0.538. The molecule has 0 aromatic heterocycles. The first-order valence-electron chi connectivity index (χ1n) is 6.12. The van der Waals surface area contributed by atoms with Crippen molar-refractivity contribution < 1.29 is 4.74 Å². The molecule has 0 unspecified atom stereocenters. The van der Waals surface area contributed by atoms with Crippen molar-refractivity contribution in [1.29, 1.82) is 0 Å². The van der Waals surface area contributed by atoms with Crippen LogP contribution < -0.4 is 10.1 Å². The summed E-state index contributed by atoms with van der Waals surface area (Å²) >= 11 is 5.90. The van der Waals surface area contributed by atoms with Crippen LogP contribution in [0.1, 0.15) is 6.92 Å². The molecule has 94 valence electrons. The molecule has 0 aliphatic carbocycles. The molecule has 1 saturated heterocycles. The Morgan fingerprint density at radius 1 is 1.47 bits per heavy atom. The molecule has 0 radical (unpaired) electrons. The zero-order valence-corrected chi connectivity index (χ0v) is 10.9. The highest BCUT2D eigenvalue weighted by molar-refractivity contribution is 6.30. The number of rotatable bonds is 6. The molecule has 1 heterocycles. The van der Waals surface area contributed by atoms with Gasteiger partial charge >= 0.3 is 0 Å². The summed E-state index contributed by atoms with van der Waals surface area (Å²) in [6, 6.07) is 8.23. The highest BCUT2D eigenvalue weighted by Gasteiger charge is 2.22. The Balaban J connectivity index is 1.74. The smallest absolute Gasteiger partial charge is 0.120 e. The second kappa shape index (κ2) is 6.24. The van der Waals surface area contributed by atoms with Crippen molar-refractivity contribution >= 4 is 11.6 Å². The van der Waals surface area contributed by atoms with Gasteiger partial charge in [-0.05, 0) is 24.7 Å². The van der Waals surface area contributed by atoms with Crippen LogP contribution in [-0.4, -0.2) is 43.7 Å². The molecule has 1 N–H and O–H groups in total. The Kier molecular flexibility index (Phi) is 4.66. The number of hydrogen-bond acceptors (Lipinski definition) is 3. The number of nitrogens with one attached hydrogen (secondary N) is 1. The number of hydrogen-bond donors (Lipinski definition) is 1. The average Bonchev–Trinajstić information content (AvgIpc) is 2.25. The molecule has 0 atom stereocenters. The molecule has 0 bridgehead atoms. The molecule has 1 aromatic rings. The molecule has 0 amide bonds. The van der Waals surface area contributed by atoms with Gasteiger partial charge in [0.15, 0.2) is 0 Å². The van der Waals surface area contributed by atoms with E-state index in [0.717, 1.165) is 37.0 Å². The number of likely N-dealkylation sites (N-methyl/N-ethyl adjacent to an activating group) is 1. The summed E-state index contributed by atoms with van der Waals surface area (Å²) in [7, 11) is 0. The topological polar surface area (TPSA) is 24.5 Å². The maximum absolute atomic E-state index is 5.90. The lowest BCUT2D eigenvalue weighted by atomic mass is 10.1. The van der Waals surface area contributed by atoms with Crippen LogP contribution in [0.5, 0.6) is 5.75 Å². The second-order valence-corrected chi connectivity index (χ2v) is 4.68. The summed E-state index contributed by atoms with van der Waals surface area (Å²) in [5.74, 6) is 0.847. The Hall–Kier alpha value is -0.770. The van der Waals surface area contributed by atoms with Gasteiger partial charge in [-0.3, -0.25) is 4.90 Å². The third-order valence-corrected chi connectivity index (χ3v) is 3.36. The van der Waals surface area contributed by atoms with Gasteiger partial charge in [0.2, 0.25) is 0 Å². The van der Waals surface area contributed by atoms with Gasteiger partial charge in [0.1, 0.15) is 12.4 Å². The fourth-order valence-corrected chi connectivity index (χ4v) is 2.15. The minimum Gasteiger partial charge on any atom is -0.492 e. The zero-order valence-electron chi connectivity index (χ0n) is 10.2. The molecule has 1 aromatic carbocycles. The van der Waals surface area contributed by atoms with Crippen LogP contribution in [0.15, 0.2) is 24.3 Å². The maximum atomic E-state index is 5.90. The van der Waals surface area contributed by atoms with Gasteiger partial charge in [0, 0.05) is 30.7 Å². The molecule has 1 aliphatic rings. The van der Waals surface area contributed by atoms with Crippen molar-refractivity contribution in [2.24, 2.45) is 0 Å². The van der Waals surface area contributed by atoms with Crippen LogP contribution >= 0.6 is 11.6 Å². The molecule has 3 nitrogen and oxygen atoms in total. The highest BCUT2D eigenvalue weighted by atomic mass is 35.5. The lowest BCUT2D eigenvalue weighted by Gasteiger charge is -2.37. The molecule has 1 aliphatic heterocycles.